The van der Waals surface area contributed by atoms with Crippen molar-refractivity contribution in [1.82, 2.24) is 0 Å². The molecule has 0 aliphatic carbocycles. The molecule has 0 spiro atoms. The smallest absolute Gasteiger partial charge is 0.291 e. The molecule has 0 aromatic rings. The van der Waals surface area contributed by atoms with Crippen molar-refractivity contribution in [2.45, 2.75) is 12.8 Å². The van der Waals surface area contributed by atoms with Crippen molar-refractivity contribution in [2.75, 3.05) is 13.1 Å². The highest BCUT2D eigenvalue weighted by Gasteiger charge is 1.90. The molecule has 0 heterocycles. The van der Waals surface area contributed by atoms with E-state index >= 15 is 0 Å². The molecule has 0 saturated carbocycles. The fourth-order valence-corrected chi connectivity index (χ4v) is 0.715. The fraction of sp³-hybridized carbons (Fsp3) is 0.667. The Balaban J connectivity index is 3.23. The molecule has 0 saturated heterocycles. The lowest BCUT2D eigenvalue weighted by atomic mass is 10.3. The molecule has 0 fully saturated rings. The van der Waals surface area contributed by atoms with Gasteiger partial charge in [0.25, 0.3) is 0 Å². The summed E-state index contributed by atoms with van der Waals surface area (Å²) in [7, 11) is 0. The van der Waals surface area contributed by atoms with E-state index in [0.29, 0.717) is 0 Å². The van der Waals surface area contributed by atoms with Gasteiger partial charge in [-0.25, -0.2) is 0 Å². The molecule has 0 radical (unpaired) electrons. The number of guanidine groups is 2. The van der Waals surface area contributed by atoms with Gasteiger partial charge in [0.1, 0.15) is 0 Å². The van der Waals surface area contributed by atoms with E-state index in [1.165, 1.54) is 0 Å². The summed E-state index contributed by atoms with van der Waals surface area (Å²) in [6.07, 6.45) is 1.94. The molecule has 0 amide bonds. The zero-order chi connectivity index (χ0) is 9.40. The quantitative estimate of drug-likeness (QED) is 0.141. The van der Waals surface area contributed by atoms with Crippen molar-refractivity contribution in [1.29, 1.82) is 0 Å². The van der Waals surface area contributed by atoms with Gasteiger partial charge in [-0.3, -0.25) is 32.9 Å². The van der Waals surface area contributed by atoms with Gasteiger partial charge in [-0.1, -0.05) is 0 Å². The highest BCUT2D eigenvalue weighted by Crippen LogP contribution is 1.75. The van der Waals surface area contributed by atoms with Crippen LogP contribution in [0.1, 0.15) is 12.8 Å². The second-order valence-corrected chi connectivity index (χ2v) is 2.47. The third kappa shape index (κ3) is 8.54. The van der Waals surface area contributed by atoms with Crippen LogP contribution in [0, 0.1) is 0 Å². The summed E-state index contributed by atoms with van der Waals surface area (Å²) in [5.41, 5.74) is 20.7. The van der Waals surface area contributed by atoms with Gasteiger partial charge >= 0.3 is 11.9 Å². The molecule has 0 unspecified atom stereocenters. The van der Waals surface area contributed by atoms with Crippen LogP contribution in [0.5, 0.6) is 0 Å². The third-order valence-corrected chi connectivity index (χ3v) is 1.26. The molecule has 6 nitrogen and oxygen atoms in total. The first-order valence-corrected chi connectivity index (χ1v) is 3.86. The Hall–Kier alpha value is -1.46. The minimum atomic E-state index is 0.257. The second kappa shape index (κ2) is 6.26. The van der Waals surface area contributed by atoms with E-state index in [9.17, 15) is 0 Å². The molecule has 10 N–H and O–H groups in total. The summed E-state index contributed by atoms with van der Waals surface area (Å²) in [4.78, 5) is 5.62. The SMILES string of the molecule is NC(N)=[NH+]CCCC[NH+]=C(N)N. The maximum atomic E-state index is 5.18. The third-order valence-electron chi connectivity index (χ3n) is 1.26. The van der Waals surface area contributed by atoms with Crippen molar-refractivity contribution in [3.63, 3.8) is 0 Å². The molecule has 12 heavy (non-hydrogen) atoms. The normalized spacial score (nSPS) is 9.00. The topological polar surface area (TPSA) is 132 Å². The first-order chi connectivity index (χ1) is 5.63. The maximum absolute atomic E-state index is 5.18. The molecule has 0 rings (SSSR count). The predicted octanol–water partition coefficient (Wildman–Crippen LogP) is -5.53. The summed E-state index contributed by atoms with van der Waals surface area (Å²) in [6.45, 7) is 1.54. The lowest BCUT2D eigenvalue weighted by Gasteiger charge is -1.92. The molecule has 6 heteroatoms. The van der Waals surface area contributed by atoms with E-state index in [0.717, 1.165) is 25.9 Å². The highest BCUT2D eigenvalue weighted by atomic mass is 15.0. The van der Waals surface area contributed by atoms with Crippen LogP contribution < -0.4 is 32.9 Å². The largest absolute Gasteiger partial charge is 0.338 e. The Labute approximate surface area is 71.7 Å². The standard InChI is InChI=1S/C6H16N6/c7-5(8)11-3-1-2-4-12-6(9)10/h1-4H2,(H4,7,8,11)(H4,9,10,12)/p+2. The number of hydrogen-bond donors (Lipinski definition) is 6. The molecular weight excluding hydrogens is 156 g/mol. The van der Waals surface area contributed by atoms with E-state index in [1.807, 2.05) is 0 Å². The fourth-order valence-electron chi connectivity index (χ4n) is 0.715. The number of hydrogen-bond acceptors (Lipinski definition) is 0. The second-order valence-electron chi connectivity index (χ2n) is 2.47. The summed E-state index contributed by atoms with van der Waals surface area (Å²) < 4.78 is 0. The van der Waals surface area contributed by atoms with Crippen molar-refractivity contribution in [3.05, 3.63) is 0 Å². The van der Waals surface area contributed by atoms with Crippen LogP contribution in [0.3, 0.4) is 0 Å². The minimum absolute atomic E-state index is 0.257. The van der Waals surface area contributed by atoms with Gasteiger partial charge < -0.3 is 0 Å². The Kier molecular flexibility index (Phi) is 5.50. The van der Waals surface area contributed by atoms with E-state index in [-0.39, 0.29) is 11.9 Å². The van der Waals surface area contributed by atoms with Gasteiger partial charge in [0.15, 0.2) is 0 Å². The van der Waals surface area contributed by atoms with E-state index in [2.05, 4.69) is 9.98 Å². The van der Waals surface area contributed by atoms with Crippen molar-refractivity contribution < 1.29 is 9.98 Å². The number of rotatable bonds is 5. The van der Waals surface area contributed by atoms with Crippen LogP contribution in [0.25, 0.3) is 0 Å². The summed E-state index contributed by atoms with van der Waals surface area (Å²) >= 11 is 0. The molecule has 70 valence electrons. The van der Waals surface area contributed by atoms with Gasteiger partial charge in [-0.15, -0.1) is 0 Å². The molecule has 0 atom stereocenters. The van der Waals surface area contributed by atoms with Crippen molar-refractivity contribution >= 4 is 11.9 Å². The van der Waals surface area contributed by atoms with E-state index in [1.54, 1.807) is 0 Å². The monoisotopic (exact) mass is 174 g/mol. The van der Waals surface area contributed by atoms with Gasteiger partial charge in [0.05, 0.1) is 13.1 Å². The number of nitrogens with two attached hydrogens (primary N) is 4. The molecule has 0 aromatic heterocycles. The molecule has 0 aliphatic rings. The van der Waals surface area contributed by atoms with E-state index in [4.69, 9.17) is 22.9 Å². The van der Waals surface area contributed by atoms with Crippen molar-refractivity contribution in [2.24, 2.45) is 22.9 Å². The van der Waals surface area contributed by atoms with Crippen LogP contribution in [-0.2, 0) is 0 Å². The Morgan fingerprint density at radius 2 is 1.08 bits per heavy atom. The van der Waals surface area contributed by atoms with Gasteiger partial charge in [0.2, 0.25) is 0 Å². The Morgan fingerprint density at radius 3 is 1.33 bits per heavy atom. The summed E-state index contributed by atoms with van der Waals surface area (Å²) in [6, 6.07) is 0. The average Bonchev–Trinajstić information content (AvgIpc) is 1.95. The zero-order valence-electron chi connectivity index (χ0n) is 7.14. The molecule has 0 bridgehead atoms. The van der Waals surface area contributed by atoms with Crippen LogP contribution in [0.15, 0.2) is 0 Å². The zero-order valence-corrected chi connectivity index (χ0v) is 7.14. The average molecular weight is 174 g/mol. The maximum Gasteiger partial charge on any atom is 0.338 e. The first-order valence-electron chi connectivity index (χ1n) is 3.86. The lowest BCUT2D eigenvalue weighted by molar-refractivity contribution is -0.473. The van der Waals surface area contributed by atoms with Crippen LogP contribution in [-0.4, -0.2) is 25.0 Å². The molecule has 0 aromatic carbocycles. The van der Waals surface area contributed by atoms with Gasteiger partial charge in [-0.2, -0.15) is 0 Å². The predicted molar refractivity (Wildman–Crippen MR) is 47.7 cm³/mol. The van der Waals surface area contributed by atoms with E-state index < -0.39 is 0 Å². The van der Waals surface area contributed by atoms with Crippen molar-refractivity contribution in [3.8, 4) is 0 Å². The van der Waals surface area contributed by atoms with Gasteiger partial charge in [0, 0.05) is 0 Å². The Morgan fingerprint density at radius 1 is 0.750 bits per heavy atom. The minimum Gasteiger partial charge on any atom is -0.291 e. The summed E-state index contributed by atoms with van der Waals surface area (Å²) in [5.74, 6) is 0.515. The molecular formula is C6H18N6+2. The highest BCUT2D eigenvalue weighted by molar-refractivity contribution is 5.69. The first kappa shape index (κ1) is 10.5. The van der Waals surface area contributed by atoms with Crippen LogP contribution in [0.4, 0.5) is 0 Å². The van der Waals surface area contributed by atoms with Crippen LogP contribution >= 0.6 is 0 Å². The van der Waals surface area contributed by atoms with Crippen LogP contribution in [0.2, 0.25) is 0 Å². The molecule has 0 aliphatic heterocycles. The summed E-state index contributed by atoms with van der Waals surface area (Å²) in [5, 5.41) is 0. The lowest BCUT2D eigenvalue weighted by Crippen LogP contribution is -2.79. The number of nitrogens with one attached hydrogen (secondary N) is 2. The Bertz CT molecular complexity index is 145. The number of unbranched alkanes of at least 4 members (excludes halogenated alkanes) is 1. The van der Waals surface area contributed by atoms with Gasteiger partial charge in [-0.05, 0) is 12.8 Å².